The van der Waals surface area contributed by atoms with Gasteiger partial charge in [-0.05, 0) is 143 Å². The van der Waals surface area contributed by atoms with Crippen molar-refractivity contribution in [1.29, 1.82) is 0 Å². The van der Waals surface area contributed by atoms with Crippen LogP contribution in [0.5, 0.6) is 5.88 Å². The van der Waals surface area contributed by atoms with Crippen LogP contribution < -0.4 is 47.7 Å². The minimum Gasteiger partial charge on any atom is -0.473 e. The molecule has 0 spiro atoms. The number of hydrogen-bond acceptors (Lipinski definition) is 32. The van der Waals surface area contributed by atoms with Crippen LogP contribution in [0.25, 0.3) is 84.5 Å². The first-order valence-corrected chi connectivity index (χ1v) is 44.9. The van der Waals surface area contributed by atoms with Crippen LogP contribution in [0.15, 0.2) is 242 Å². The highest BCUT2D eigenvalue weighted by atomic mass is 32.2. The fraction of sp³-hybridized carbons (Fsp3) is 0.211. The third-order valence-electron chi connectivity index (χ3n) is 22.3. The monoisotopic (exact) mass is 1820 g/mol. The van der Waals surface area contributed by atoms with E-state index in [1.807, 2.05) is 225 Å². The van der Waals surface area contributed by atoms with E-state index in [2.05, 4.69) is 168 Å². The number of pyridine rings is 1. The quantitative estimate of drug-likeness (QED) is 0.0342. The van der Waals surface area contributed by atoms with Gasteiger partial charge < -0.3 is 52.2 Å². The number of H-pyrrole nitrogens is 1. The van der Waals surface area contributed by atoms with E-state index < -0.39 is 0 Å². The number of aromatic amines is 1. The maximum absolute atomic E-state index is 6.07. The second kappa shape index (κ2) is 37.5. The molecule has 10 N–H and O–H groups in total. The Hall–Kier alpha value is -15.8. The number of rotatable bonds is 20. The molecule has 42 heteroatoms. The van der Waals surface area contributed by atoms with Crippen molar-refractivity contribution in [2.24, 2.45) is 33.9 Å². The van der Waals surface area contributed by atoms with Gasteiger partial charge in [-0.3, -0.25) is 45.8 Å². The number of nitrogens with one attached hydrogen (secondary N) is 8. The maximum Gasteiger partial charge on any atom is 0.215 e. The van der Waals surface area contributed by atoms with Crippen LogP contribution in [0.4, 0.5) is 56.2 Å². The summed E-state index contributed by atoms with van der Waals surface area (Å²) in [6.07, 6.45) is 51.8. The van der Waals surface area contributed by atoms with Crippen molar-refractivity contribution in [2.45, 2.75) is 80.9 Å². The first-order valence-electron chi connectivity index (χ1n) is 42.5. The van der Waals surface area contributed by atoms with E-state index in [0.717, 1.165) is 196 Å². The molecule has 0 saturated carbocycles. The summed E-state index contributed by atoms with van der Waals surface area (Å²) in [7, 11) is 7.59. The van der Waals surface area contributed by atoms with Crippen molar-refractivity contribution in [3.05, 3.63) is 262 Å². The molecular formula is C90H89N37O2S3. The molecule has 3 atom stereocenters. The van der Waals surface area contributed by atoms with E-state index in [1.165, 1.54) is 47.0 Å². The van der Waals surface area contributed by atoms with E-state index in [9.17, 15) is 0 Å². The molecule has 0 bridgehead atoms. The van der Waals surface area contributed by atoms with Gasteiger partial charge >= 0.3 is 0 Å². The molecule has 3 aliphatic rings. The van der Waals surface area contributed by atoms with Gasteiger partial charge in [0, 0.05) is 196 Å². The average molecular weight is 1820 g/mol. The largest absolute Gasteiger partial charge is 0.473 e. The van der Waals surface area contributed by atoms with E-state index in [4.69, 9.17) is 20.0 Å². The fourth-order valence-electron chi connectivity index (χ4n) is 15.9. The summed E-state index contributed by atoms with van der Waals surface area (Å²) < 4.78 is 37.3. The lowest BCUT2D eigenvalue weighted by Gasteiger charge is -2.20. The number of piperidine rings is 1. The molecular weight excluding hydrogens is 1730 g/mol. The van der Waals surface area contributed by atoms with Gasteiger partial charge in [0.2, 0.25) is 5.88 Å². The number of nitrogens with two attached hydrogens (primary N) is 1. The first-order chi connectivity index (χ1) is 64.6. The number of aryl methyl sites for hydroxylation is 7. The minimum atomic E-state index is 0.165. The SMILES string of the molecule is Cc1cc(Nc2nc(Sc3ccccc3)cn3c(-c4cn[nH]c4)cnc23)sn1.Cc1noc(C)c1Nc1nccn2c(-c3cnn(C)c3)cnc12.Cn1cc(-c2cnc3c(Nc4cc(C5CCCNC5)ns4)nccn23)cn1.Cn1cc(-c2cnc3c(Nc4ccc5c(c4)CC(N)C5)nccn23)cn1.Cn1cc(-c2cnc3c(Nc4ccnc(O[C@H]5CCNC5)c4)nccn23)cn1. The molecule has 19 aromatic heterocycles. The molecule has 1 aliphatic carbocycles. The zero-order valence-electron chi connectivity index (χ0n) is 72.6. The summed E-state index contributed by atoms with van der Waals surface area (Å²) in [6.45, 7) is 9.65. The van der Waals surface area contributed by atoms with Gasteiger partial charge in [0.15, 0.2) is 63.1 Å². The standard InChI is InChI=1S/C19H20N8O.C19H15N7S2.C19H19N7.C18H20N8S.C15H15N7O/c1-26-12-13(9-24-26)16-11-23-19-18(22-6-7-27(16)19)25-14-2-5-21-17(8-14)28-15-3-4-20-10-15;1-12-7-16(28-25-12)23-18-19-20-10-15(13-8-21-22-9-13)26(19)11-17(24-18)27-14-5-3-2-4-6-14;1-25-11-14(9-23-25)17-10-22-19-18(21-4-5-26(17)19)24-16-3-2-12-6-15(20)7-13(12)8-16;1-25-11-13(9-22-25)15-10-21-18-17(20-5-6-26(15)18)23-16-7-14(24-27-16)12-3-2-4-19-8-12;1-9-13(10(2)23-20-9)19-14-15-17-7-12(22(15)5-4-16-14)11-6-18-21(3)8-11/h2,5-9,11-12,15,20H,3-4,10H2,1H3,(H,21,22,25);2-11H,1H3,(H,21,22)(H,23,24);2-5,8-11,15H,6-7,20H2,1H3,(H,21,24);5-7,9-12,19H,2-4,8H2,1H3,(H,20,23);4-8H,1-3H3,(H,16,19)/t15-;;;;/m0..../s1. The molecule has 21 aromatic rings. The van der Waals surface area contributed by atoms with Crippen molar-refractivity contribution in [2.75, 3.05) is 52.8 Å². The van der Waals surface area contributed by atoms with Crippen molar-refractivity contribution in [3.63, 3.8) is 0 Å². The van der Waals surface area contributed by atoms with Crippen LogP contribution in [0, 0.1) is 20.8 Å². The van der Waals surface area contributed by atoms with Crippen molar-refractivity contribution in [1.82, 2.24) is 151 Å². The molecule has 2 saturated heterocycles. The molecule has 664 valence electrons. The Morgan fingerprint density at radius 2 is 1.00 bits per heavy atom. The normalized spacial score (nSPS) is 14.6. The van der Waals surface area contributed by atoms with E-state index >= 15 is 0 Å². The number of hydrogen-bond donors (Lipinski definition) is 9. The highest BCUT2D eigenvalue weighted by Crippen LogP contribution is 2.38. The lowest BCUT2D eigenvalue weighted by Crippen LogP contribution is -2.28. The van der Waals surface area contributed by atoms with Gasteiger partial charge in [-0.1, -0.05) is 41.2 Å². The van der Waals surface area contributed by atoms with E-state index in [1.54, 1.807) is 67.7 Å². The van der Waals surface area contributed by atoms with Crippen molar-refractivity contribution >= 4 is 119 Å². The second-order valence-electron chi connectivity index (χ2n) is 31.8. The van der Waals surface area contributed by atoms with Crippen molar-refractivity contribution < 1.29 is 9.26 Å². The third-order valence-corrected chi connectivity index (χ3v) is 24.7. The molecule has 2 unspecified atom stereocenters. The van der Waals surface area contributed by atoms with Crippen LogP contribution in [0.1, 0.15) is 59.1 Å². The number of nitrogens with zero attached hydrogens (tertiary/aromatic N) is 28. The summed E-state index contributed by atoms with van der Waals surface area (Å²) in [5.74, 6) is 5.27. The number of ether oxygens (including phenoxy) is 1. The van der Waals surface area contributed by atoms with Gasteiger partial charge in [0.25, 0.3) is 0 Å². The van der Waals surface area contributed by atoms with Gasteiger partial charge in [0.1, 0.15) is 32.5 Å². The Morgan fingerprint density at radius 1 is 0.477 bits per heavy atom. The van der Waals surface area contributed by atoms with E-state index in [0.29, 0.717) is 35.0 Å². The first kappa shape index (κ1) is 84.4. The fourth-order valence-corrected chi connectivity index (χ4v) is 18.2. The van der Waals surface area contributed by atoms with Crippen LogP contribution in [0.2, 0.25) is 0 Å². The number of aromatic nitrogens is 29. The van der Waals surface area contributed by atoms with Crippen LogP contribution in [0.3, 0.4) is 0 Å². The highest BCUT2D eigenvalue weighted by Gasteiger charge is 2.25. The van der Waals surface area contributed by atoms with Gasteiger partial charge in [0.05, 0.1) is 102 Å². The molecule has 2 aliphatic heterocycles. The minimum absolute atomic E-state index is 0.165. The molecule has 39 nitrogen and oxygen atoms in total. The van der Waals surface area contributed by atoms with Gasteiger partial charge in [-0.15, -0.1) is 0 Å². The molecule has 21 heterocycles. The third kappa shape index (κ3) is 18.5. The van der Waals surface area contributed by atoms with Gasteiger partial charge in [-0.25, -0.2) is 54.8 Å². The van der Waals surface area contributed by atoms with E-state index in [-0.39, 0.29) is 12.1 Å². The summed E-state index contributed by atoms with van der Waals surface area (Å²) in [5.41, 5.74) is 27.9. The predicted octanol–water partition coefficient (Wildman–Crippen LogP) is 14.4. The maximum atomic E-state index is 6.07. The number of anilines is 10. The Kier molecular flexibility index (Phi) is 24.0. The zero-order valence-corrected chi connectivity index (χ0v) is 75.0. The predicted molar refractivity (Wildman–Crippen MR) is 506 cm³/mol. The topological polar surface area (TPSA) is 435 Å². The summed E-state index contributed by atoms with van der Waals surface area (Å²) in [6, 6.07) is 24.7. The lowest BCUT2D eigenvalue weighted by atomic mass is 9.96. The smallest absolute Gasteiger partial charge is 0.215 e. The molecule has 0 amide bonds. The highest BCUT2D eigenvalue weighted by molar-refractivity contribution is 7.99. The Balaban J connectivity index is 0.000000103. The summed E-state index contributed by atoms with van der Waals surface area (Å²) in [4.78, 5) is 50.9. The average Bonchev–Trinajstić information content (AvgIpc) is 1.58. The van der Waals surface area contributed by atoms with Gasteiger partial charge in [-0.2, -0.15) is 34.2 Å². The van der Waals surface area contributed by atoms with Crippen LogP contribution >= 0.6 is 34.8 Å². The number of fused-ring (bicyclic) bond motifs is 6. The molecule has 24 rings (SSSR count). The number of imidazole rings is 5. The van der Waals surface area contributed by atoms with Crippen LogP contribution in [-0.4, -0.2) is 178 Å². The Labute approximate surface area is 765 Å². The molecule has 132 heavy (non-hydrogen) atoms. The second-order valence-corrected chi connectivity index (χ2v) is 34.5. The Bertz CT molecular complexity index is 7560. The molecule has 2 aromatic carbocycles. The zero-order chi connectivity index (χ0) is 89.7. The number of benzene rings is 2. The summed E-state index contributed by atoms with van der Waals surface area (Å²) in [5, 5.41) is 54.1. The van der Waals surface area contributed by atoms with Crippen LogP contribution in [-0.2, 0) is 41.0 Å². The summed E-state index contributed by atoms with van der Waals surface area (Å²) >= 11 is 4.49. The molecule has 2 fully saturated rings. The van der Waals surface area contributed by atoms with Crippen molar-refractivity contribution in [3.8, 4) is 62.2 Å². The lowest BCUT2D eigenvalue weighted by molar-refractivity contribution is 0.214. The Morgan fingerprint density at radius 3 is 1.51 bits per heavy atom. The molecule has 0 radical (unpaired) electrons.